The third kappa shape index (κ3) is 3.23. The number of hydrogen-bond donors (Lipinski definition) is 3. The van der Waals surface area contributed by atoms with Crippen molar-refractivity contribution >= 4 is 45.1 Å². The van der Waals surface area contributed by atoms with Gasteiger partial charge in [-0.05, 0) is 61.4 Å². The molecule has 1 amide bonds. The first-order valence-corrected chi connectivity index (χ1v) is 10.2. The van der Waals surface area contributed by atoms with Gasteiger partial charge in [0, 0.05) is 29.4 Å². The molecule has 1 aliphatic rings. The molecule has 148 valence electrons. The predicted octanol–water partition coefficient (Wildman–Crippen LogP) is 4.83. The van der Waals surface area contributed by atoms with E-state index in [2.05, 4.69) is 15.3 Å². The van der Waals surface area contributed by atoms with Crippen molar-refractivity contribution in [1.29, 1.82) is 0 Å². The molecule has 2 aromatic carbocycles. The lowest BCUT2D eigenvalue weighted by atomic mass is 9.85. The molecule has 0 spiro atoms. The van der Waals surface area contributed by atoms with E-state index in [0.29, 0.717) is 10.5 Å². The van der Waals surface area contributed by atoms with Gasteiger partial charge in [-0.15, -0.1) is 0 Å². The Balaban J connectivity index is 1.29. The number of benzene rings is 2. The summed E-state index contributed by atoms with van der Waals surface area (Å²) in [5, 5.41) is 4.71. The van der Waals surface area contributed by atoms with Crippen LogP contribution in [0.4, 0.5) is 5.69 Å². The van der Waals surface area contributed by atoms with Crippen molar-refractivity contribution in [2.45, 2.75) is 31.7 Å². The summed E-state index contributed by atoms with van der Waals surface area (Å²) >= 11 is 6.21. The van der Waals surface area contributed by atoms with Gasteiger partial charge in [-0.1, -0.05) is 23.7 Å². The van der Waals surface area contributed by atoms with Gasteiger partial charge in [-0.3, -0.25) is 9.36 Å². The monoisotopic (exact) mass is 408 g/mol. The van der Waals surface area contributed by atoms with Gasteiger partial charge >= 0.3 is 5.69 Å². The van der Waals surface area contributed by atoms with Gasteiger partial charge in [-0.2, -0.15) is 0 Å². The second kappa shape index (κ2) is 7.12. The van der Waals surface area contributed by atoms with Crippen LogP contribution < -0.4 is 11.0 Å². The van der Waals surface area contributed by atoms with E-state index in [4.69, 9.17) is 11.6 Å². The molecule has 7 heteroatoms. The minimum Gasteiger partial charge on any atom is -0.361 e. The lowest BCUT2D eigenvalue weighted by Crippen LogP contribution is -2.31. The Hall–Kier alpha value is -2.99. The first-order valence-electron chi connectivity index (χ1n) is 9.87. The van der Waals surface area contributed by atoms with Crippen molar-refractivity contribution in [1.82, 2.24) is 14.5 Å². The third-order valence-corrected chi connectivity index (χ3v) is 6.27. The summed E-state index contributed by atoms with van der Waals surface area (Å²) in [6, 6.07) is 13.5. The fourth-order valence-electron chi connectivity index (χ4n) is 4.44. The minimum atomic E-state index is -0.139. The summed E-state index contributed by atoms with van der Waals surface area (Å²) < 4.78 is 1.80. The van der Waals surface area contributed by atoms with Crippen molar-refractivity contribution in [2.75, 3.05) is 5.32 Å². The highest BCUT2D eigenvalue weighted by Gasteiger charge is 2.29. The molecule has 0 atom stereocenters. The standard InChI is InChI=1S/C22H21ClN4O2/c23-17-2-1-3-19-20(17)26-22(29)27(19)16-8-5-14(6-9-16)21(28)25-15-7-4-13-10-11-24-18(13)12-15/h1-4,7,10-12,14,16,24H,5-6,8-9H2,(H,25,28)(H,26,29)/t14-,16+. The maximum Gasteiger partial charge on any atom is 0.326 e. The molecule has 3 N–H and O–H groups in total. The van der Waals surface area contributed by atoms with Crippen LogP contribution in [0.25, 0.3) is 21.9 Å². The molecule has 1 fully saturated rings. The average molecular weight is 409 g/mol. The smallest absolute Gasteiger partial charge is 0.326 e. The van der Waals surface area contributed by atoms with Crippen LogP contribution in [0, 0.1) is 5.92 Å². The van der Waals surface area contributed by atoms with E-state index in [-0.39, 0.29) is 23.6 Å². The Morgan fingerprint density at radius 1 is 1.10 bits per heavy atom. The molecule has 2 aromatic heterocycles. The maximum atomic E-state index is 12.7. The number of H-pyrrole nitrogens is 2. The van der Waals surface area contributed by atoms with Crippen LogP contribution in [0.2, 0.25) is 5.02 Å². The number of rotatable bonds is 3. The van der Waals surface area contributed by atoms with E-state index in [9.17, 15) is 9.59 Å². The summed E-state index contributed by atoms with van der Waals surface area (Å²) in [7, 11) is 0. The molecule has 2 heterocycles. The molecule has 0 saturated heterocycles. The number of carbonyl (C=O) groups excluding carboxylic acids is 1. The summed E-state index contributed by atoms with van der Waals surface area (Å²) in [5.41, 5.74) is 3.17. The number of imidazole rings is 1. The van der Waals surface area contributed by atoms with Gasteiger partial charge in [0.1, 0.15) is 0 Å². The van der Waals surface area contributed by atoms with Gasteiger partial charge in [0.25, 0.3) is 0 Å². The van der Waals surface area contributed by atoms with E-state index in [1.807, 2.05) is 42.6 Å². The Labute approximate surface area is 171 Å². The van der Waals surface area contributed by atoms with Gasteiger partial charge in [-0.25, -0.2) is 4.79 Å². The van der Waals surface area contributed by atoms with Crippen molar-refractivity contribution in [2.24, 2.45) is 5.92 Å². The van der Waals surface area contributed by atoms with Gasteiger partial charge in [0.2, 0.25) is 5.91 Å². The number of fused-ring (bicyclic) bond motifs is 2. The molecular formula is C22H21ClN4O2. The zero-order chi connectivity index (χ0) is 20.0. The second-order valence-electron chi connectivity index (χ2n) is 7.71. The molecule has 0 unspecified atom stereocenters. The molecule has 4 aromatic rings. The van der Waals surface area contributed by atoms with Gasteiger partial charge in [0.05, 0.1) is 16.1 Å². The first kappa shape index (κ1) is 18.1. The molecule has 1 saturated carbocycles. The molecular weight excluding hydrogens is 388 g/mol. The lowest BCUT2D eigenvalue weighted by molar-refractivity contribution is -0.121. The number of aromatic amines is 2. The fraction of sp³-hybridized carbons (Fsp3) is 0.273. The van der Waals surface area contributed by atoms with Crippen molar-refractivity contribution in [3.63, 3.8) is 0 Å². The van der Waals surface area contributed by atoms with Gasteiger partial charge < -0.3 is 15.3 Å². The Morgan fingerprint density at radius 3 is 2.76 bits per heavy atom. The Morgan fingerprint density at radius 2 is 1.93 bits per heavy atom. The Bertz CT molecular complexity index is 1260. The number of halogens is 1. The largest absolute Gasteiger partial charge is 0.361 e. The predicted molar refractivity (Wildman–Crippen MR) is 115 cm³/mol. The normalized spacial score (nSPS) is 19.6. The summed E-state index contributed by atoms with van der Waals surface area (Å²) in [5.74, 6) is -0.00115. The number of para-hydroxylation sites is 1. The summed E-state index contributed by atoms with van der Waals surface area (Å²) in [6.45, 7) is 0. The molecule has 0 radical (unpaired) electrons. The Kier molecular flexibility index (Phi) is 4.43. The summed E-state index contributed by atoms with van der Waals surface area (Å²) in [4.78, 5) is 31.3. The second-order valence-corrected chi connectivity index (χ2v) is 8.12. The number of amides is 1. The molecule has 0 bridgehead atoms. The van der Waals surface area contributed by atoms with Crippen molar-refractivity contribution < 1.29 is 4.79 Å². The van der Waals surface area contributed by atoms with Crippen LogP contribution in [0.5, 0.6) is 0 Å². The van der Waals surface area contributed by atoms with E-state index in [1.165, 1.54) is 0 Å². The van der Waals surface area contributed by atoms with Crippen LogP contribution in [-0.4, -0.2) is 20.4 Å². The maximum absolute atomic E-state index is 12.7. The minimum absolute atomic E-state index is 0.0451. The quantitative estimate of drug-likeness (QED) is 0.453. The molecule has 6 nitrogen and oxygen atoms in total. The van der Waals surface area contributed by atoms with E-state index in [0.717, 1.165) is 47.8 Å². The molecule has 29 heavy (non-hydrogen) atoms. The number of aromatic nitrogens is 3. The van der Waals surface area contributed by atoms with Crippen LogP contribution >= 0.6 is 11.6 Å². The van der Waals surface area contributed by atoms with E-state index >= 15 is 0 Å². The first-order chi connectivity index (χ1) is 14.1. The van der Waals surface area contributed by atoms with Crippen molar-refractivity contribution in [3.8, 4) is 0 Å². The highest BCUT2D eigenvalue weighted by molar-refractivity contribution is 6.34. The van der Waals surface area contributed by atoms with Crippen LogP contribution in [0.1, 0.15) is 31.7 Å². The summed E-state index contributed by atoms with van der Waals surface area (Å²) in [6.07, 6.45) is 4.96. The number of carbonyl (C=O) groups is 1. The zero-order valence-corrected chi connectivity index (χ0v) is 16.5. The average Bonchev–Trinajstić information content (AvgIpc) is 3.32. The van der Waals surface area contributed by atoms with Crippen molar-refractivity contribution in [3.05, 3.63) is 64.2 Å². The van der Waals surface area contributed by atoms with E-state index < -0.39 is 0 Å². The number of nitrogens with zero attached hydrogens (tertiary/aromatic N) is 1. The topological polar surface area (TPSA) is 82.7 Å². The highest BCUT2D eigenvalue weighted by Crippen LogP contribution is 2.34. The third-order valence-electron chi connectivity index (χ3n) is 5.96. The van der Waals surface area contributed by atoms with Crippen LogP contribution in [0.3, 0.4) is 0 Å². The van der Waals surface area contributed by atoms with Crippen LogP contribution in [0.15, 0.2) is 53.5 Å². The zero-order valence-electron chi connectivity index (χ0n) is 15.7. The van der Waals surface area contributed by atoms with Gasteiger partial charge in [0.15, 0.2) is 0 Å². The molecule has 1 aliphatic carbocycles. The van der Waals surface area contributed by atoms with E-state index in [1.54, 1.807) is 10.6 Å². The lowest BCUT2D eigenvalue weighted by Gasteiger charge is -2.28. The molecule has 0 aliphatic heterocycles. The fourth-order valence-corrected chi connectivity index (χ4v) is 4.66. The SMILES string of the molecule is O=c1[nH]c2c(Cl)cccc2n1[C@H]1CC[C@@H](C(=O)Nc2ccc3cc[nH]c3c2)CC1. The highest BCUT2D eigenvalue weighted by atomic mass is 35.5. The molecule has 5 rings (SSSR count). The van der Waals surface area contributed by atoms with Crippen LogP contribution in [-0.2, 0) is 4.79 Å². The number of nitrogens with one attached hydrogen (secondary N) is 3. The number of anilines is 1. The number of hydrogen-bond acceptors (Lipinski definition) is 2.